The number of thioether (sulfide) groups is 1. The summed E-state index contributed by atoms with van der Waals surface area (Å²) in [5.74, 6) is -0.303. The molecule has 1 saturated carbocycles. The Kier molecular flexibility index (Phi) is 6.31. The second kappa shape index (κ2) is 8.23. The zero-order valence-electron chi connectivity index (χ0n) is 11.6. The Morgan fingerprint density at radius 1 is 1.38 bits per heavy atom. The lowest BCUT2D eigenvalue weighted by Crippen LogP contribution is -2.38. The average Bonchev–Trinajstić information content (AvgIpc) is 2.86. The molecule has 21 heavy (non-hydrogen) atoms. The number of carbonyl (C=O) groups excluding carboxylic acids is 1. The summed E-state index contributed by atoms with van der Waals surface area (Å²) in [6.45, 7) is 0. The molecule has 2 rings (SSSR count). The first kappa shape index (κ1) is 16.1. The normalized spacial score (nSPS) is 15.6. The fraction of sp³-hybridized carbons (Fsp3) is 0.615. The van der Waals surface area contributed by atoms with Gasteiger partial charge in [-0.2, -0.15) is 0 Å². The van der Waals surface area contributed by atoms with Gasteiger partial charge < -0.3 is 10.4 Å². The summed E-state index contributed by atoms with van der Waals surface area (Å²) in [7, 11) is 0. The predicted octanol–water partition coefficient (Wildman–Crippen LogP) is 3.16. The molecule has 1 fully saturated rings. The Morgan fingerprint density at radius 3 is 2.86 bits per heavy atom. The number of nitrogens with one attached hydrogen (secondary N) is 2. The molecule has 0 spiro atoms. The first-order valence-corrected chi connectivity index (χ1v) is 8.81. The third-order valence-corrected chi connectivity index (χ3v) is 5.31. The average molecular weight is 329 g/mol. The van der Waals surface area contributed by atoms with E-state index in [1.807, 2.05) is 0 Å². The van der Waals surface area contributed by atoms with Crippen LogP contribution in [-0.2, 0) is 4.79 Å². The quantitative estimate of drug-likeness (QED) is 0.697. The highest BCUT2D eigenvalue weighted by molar-refractivity contribution is 8.01. The highest BCUT2D eigenvalue weighted by Crippen LogP contribution is 2.28. The van der Waals surface area contributed by atoms with Gasteiger partial charge in [0.1, 0.15) is 0 Å². The summed E-state index contributed by atoms with van der Waals surface area (Å²) in [6, 6.07) is 0.0569. The van der Waals surface area contributed by atoms with E-state index in [0.717, 1.165) is 17.1 Å². The van der Waals surface area contributed by atoms with Crippen LogP contribution in [0.3, 0.4) is 0 Å². The molecule has 3 N–H and O–H groups in total. The zero-order valence-corrected chi connectivity index (χ0v) is 13.3. The number of thiazole rings is 1. The molecule has 1 aromatic rings. The van der Waals surface area contributed by atoms with Crippen LogP contribution in [0.15, 0.2) is 10.4 Å². The van der Waals surface area contributed by atoms with Crippen molar-refractivity contribution in [3.05, 3.63) is 6.20 Å². The van der Waals surface area contributed by atoms with Crippen LogP contribution in [0.1, 0.15) is 38.5 Å². The molecule has 1 aliphatic carbocycles. The number of aliphatic carboxylic acids is 1. The second-order valence-electron chi connectivity index (χ2n) is 4.91. The van der Waals surface area contributed by atoms with Crippen LogP contribution in [0.5, 0.6) is 0 Å². The predicted molar refractivity (Wildman–Crippen MR) is 84.1 cm³/mol. The Morgan fingerprint density at radius 2 is 2.14 bits per heavy atom. The van der Waals surface area contributed by atoms with Crippen molar-refractivity contribution in [3.63, 3.8) is 0 Å². The zero-order chi connectivity index (χ0) is 15.1. The van der Waals surface area contributed by atoms with Gasteiger partial charge in [-0.25, -0.2) is 9.78 Å². The minimum atomic E-state index is -0.808. The van der Waals surface area contributed by atoms with E-state index in [-0.39, 0.29) is 18.5 Å². The molecule has 2 amide bonds. The number of aromatic nitrogens is 1. The minimum Gasteiger partial charge on any atom is -0.481 e. The summed E-state index contributed by atoms with van der Waals surface area (Å²) >= 11 is 2.80. The summed E-state index contributed by atoms with van der Waals surface area (Å²) < 4.78 is 0.907. The number of amides is 2. The van der Waals surface area contributed by atoms with Crippen molar-refractivity contribution >= 4 is 40.2 Å². The summed E-state index contributed by atoms with van der Waals surface area (Å²) in [5, 5.41) is 14.8. The van der Waals surface area contributed by atoms with Gasteiger partial charge in [-0.3, -0.25) is 10.1 Å². The summed E-state index contributed by atoms with van der Waals surface area (Å²) in [6.07, 6.45) is 7.46. The molecule has 1 heterocycles. The third-order valence-electron chi connectivity index (χ3n) is 3.21. The molecular weight excluding hydrogens is 310 g/mol. The maximum absolute atomic E-state index is 11.9. The first-order chi connectivity index (χ1) is 10.1. The van der Waals surface area contributed by atoms with Gasteiger partial charge in [-0.15, -0.1) is 11.8 Å². The van der Waals surface area contributed by atoms with Gasteiger partial charge in [-0.1, -0.05) is 30.6 Å². The lowest BCUT2D eigenvalue weighted by molar-refractivity contribution is -0.136. The Labute approximate surface area is 131 Å². The molecule has 6 nitrogen and oxygen atoms in total. The lowest BCUT2D eigenvalue weighted by Gasteiger charge is -2.22. The number of hydrogen-bond acceptors (Lipinski definition) is 5. The van der Waals surface area contributed by atoms with E-state index < -0.39 is 5.97 Å². The van der Waals surface area contributed by atoms with Crippen LogP contribution in [-0.4, -0.2) is 33.9 Å². The Balaban J connectivity index is 1.73. The van der Waals surface area contributed by atoms with Gasteiger partial charge in [0.15, 0.2) is 5.13 Å². The molecule has 8 heteroatoms. The number of carboxylic acid groups (broad SMARTS) is 1. The van der Waals surface area contributed by atoms with Gasteiger partial charge in [0.25, 0.3) is 0 Å². The van der Waals surface area contributed by atoms with Crippen LogP contribution >= 0.6 is 23.1 Å². The maximum Gasteiger partial charge on any atom is 0.321 e. The minimum absolute atomic E-state index is 0.119. The number of carboxylic acids is 1. The van der Waals surface area contributed by atoms with E-state index in [4.69, 9.17) is 5.11 Å². The smallest absolute Gasteiger partial charge is 0.321 e. The molecule has 0 aliphatic heterocycles. The van der Waals surface area contributed by atoms with Crippen LogP contribution < -0.4 is 10.6 Å². The Hall–Kier alpha value is -1.28. The highest BCUT2D eigenvalue weighted by atomic mass is 32.2. The number of hydrogen-bond donors (Lipinski definition) is 3. The number of urea groups is 1. The number of rotatable bonds is 6. The van der Waals surface area contributed by atoms with Gasteiger partial charge in [0.05, 0.1) is 16.8 Å². The largest absolute Gasteiger partial charge is 0.481 e. The fourth-order valence-electron chi connectivity index (χ4n) is 2.19. The fourth-order valence-corrected chi connectivity index (χ4v) is 4.06. The first-order valence-electron chi connectivity index (χ1n) is 7.01. The molecule has 0 bridgehead atoms. The van der Waals surface area contributed by atoms with Crippen molar-refractivity contribution in [2.75, 3.05) is 11.1 Å². The van der Waals surface area contributed by atoms with Crippen molar-refractivity contribution in [1.82, 2.24) is 10.3 Å². The summed E-state index contributed by atoms with van der Waals surface area (Å²) in [4.78, 5) is 26.4. The molecule has 0 aromatic carbocycles. The van der Waals surface area contributed by atoms with Gasteiger partial charge in [0, 0.05) is 11.8 Å². The van der Waals surface area contributed by atoms with E-state index in [1.165, 1.54) is 42.4 Å². The van der Waals surface area contributed by atoms with Crippen molar-refractivity contribution in [2.45, 2.75) is 48.8 Å². The van der Waals surface area contributed by atoms with E-state index in [1.54, 1.807) is 6.20 Å². The van der Waals surface area contributed by atoms with E-state index in [0.29, 0.717) is 10.9 Å². The lowest BCUT2D eigenvalue weighted by atomic mass is 9.96. The van der Waals surface area contributed by atoms with Crippen LogP contribution in [0.4, 0.5) is 9.93 Å². The highest BCUT2D eigenvalue weighted by Gasteiger charge is 2.16. The summed E-state index contributed by atoms with van der Waals surface area (Å²) in [5.41, 5.74) is 0. The van der Waals surface area contributed by atoms with Crippen molar-refractivity contribution in [1.29, 1.82) is 0 Å². The number of carbonyl (C=O) groups is 2. The SMILES string of the molecule is O=C(O)CCSc1cnc(NC(=O)NC2CCCCC2)s1. The van der Waals surface area contributed by atoms with E-state index in [2.05, 4.69) is 15.6 Å². The van der Waals surface area contributed by atoms with Gasteiger partial charge >= 0.3 is 12.0 Å². The van der Waals surface area contributed by atoms with Crippen LogP contribution in [0, 0.1) is 0 Å². The standard InChI is InChI=1S/C13H19N3O3S2/c17-10(18)6-7-20-11-8-14-13(21-11)16-12(19)15-9-4-2-1-3-5-9/h8-9H,1-7H2,(H,17,18)(H2,14,15,16,19). The molecule has 0 saturated heterocycles. The van der Waals surface area contributed by atoms with E-state index in [9.17, 15) is 9.59 Å². The molecular formula is C13H19N3O3S2. The van der Waals surface area contributed by atoms with Crippen molar-refractivity contribution in [3.8, 4) is 0 Å². The van der Waals surface area contributed by atoms with Gasteiger partial charge in [-0.05, 0) is 12.8 Å². The molecule has 0 radical (unpaired) electrons. The Bertz CT molecular complexity index is 487. The van der Waals surface area contributed by atoms with Crippen LogP contribution in [0.25, 0.3) is 0 Å². The molecule has 1 aliphatic rings. The molecule has 116 valence electrons. The molecule has 0 unspecified atom stereocenters. The number of nitrogens with zero attached hydrogens (tertiary/aromatic N) is 1. The van der Waals surface area contributed by atoms with Gasteiger partial charge in [0.2, 0.25) is 0 Å². The van der Waals surface area contributed by atoms with E-state index >= 15 is 0 Å². The molecule has 0 atom stereocenters. The monoisotopic (exact) mass is 329 g/mol. The second-order valence-corrected chi connectivity index (χ2v) is 7.34. The van der Waals surface area contributed by atoms with Crippen LogP contribution in [0.2, 0.25) is 0 Å². The third kappa shape index (κ3) is 5.92. The topological polar surface area (TPSA) is 91.3 Å². The number of anilines is 1. The maximum atomic E-state index is 11.9. The molecule has 1 aromatic heterocycles. The van der Waals surface area contributed by atoms with Crippen molar-refractivity contribution in [2.24, 2.45) is 0 Å². The van der Waals surface area contributed by atoms with Crippen molar-refractivity contribution < 1.29 is 14.7 Å².